The highest BCUT2D eigenvalue weighted by molar-refractivity contribution is 7.08. The highest BCUT2D eigenvalue weighted by Gasteiger charge is 2.30. The number of nitrogens with zero attached hydrogens (tertiary/aromatic N) is 1. The largest absolute Gasteiger partial charge is 0.336 e. The predicted octanol–water partition coefficient (Wildman–Crippen LogP) is 4.26. The first kappa shape index (κ1) is 17.5. The lowest BCUT2D eigenvalue weighted by atomic mass is 10.1. The normalized spacial score (nSPS) is 16.9. The predicted molar refractivity (Wildman–Crippen MR) is 101 cm³/mol. The molecule has 1 atom stereocenters. The van der Waals surface area contributed by atoms with Crippen LogP contribution in [-0.2, 0) is 0 Å². The van der Waals surface area contributed by atoms with Crippen molar-refractivity contribution in [1.82, 2.24) is 10.2 Å². The molecule has 2 aromatic rings. The van der Waals surface area contributed by atoms with Gasteiger partial charge in [-0.05, 0) is 67.3 Å². The van der Waals surface area contributed by atoms with Crippen molar-refractivity contribution in [3.8, 4) is 0 Å². The lowest BCUT2D eigenvalue weighted by Gasteiger charge is -2.24. The van der Waals surface area contributed by atoms with Crippen LogP contribution in [0.5, 0.6) is 0 Å². The summed E-state index contributed by atoms with van der Waals surface area (Å²) in [6.45, 7) is 4.57. The fraction of sp³-hybridized carbons (Fsp3) is 0.368. The SMILES string of the molecule is CC(C)NC(=O)Nc1cccc(C(=O)N2CCC[C@@H]2c2ccsc2)c1. The van der Waals surface area contributed by atoms with Crippen LogP contribution in [0.25, 0.3) is 0 Å². The molecule has 5 nitrogen and oxygen atoms in total. The average molecular weight is 357 g/mol. The van der Waals surface area contributed by atoms with Crippen molar-refractivity contribution in [1.29, 1.82) is 0 Å². The Labute approximate surface area is 152 Å². The fourth-order valence-corrected chi connectivity index (χ4v) is 3.85. The maximum absolute atomic E-state index is 13.0. The molecule has 1 saturated heterocycles. The third kappa shape index (κ3) is 4.20. The number of amides is 3. The molecule has 0 aliphatic carbocycles. The molecule has 0 bridgehead atoms. The quantitative estimate of drug-likeness (QED) is 0.859. The van der Waals surface area contributed by atoms with Gasteiger partial charge in [0.2, 0.25) is 0 Å². The van der Waals surface area contributed by atoms with Gasteiger partial charge < -0.3 is 15.5 Å². The zero-order valence-corrected chi connectivity index (χ0v) is 15.3. The second kappa shape index (κ2) is 7.70. The fourth-order valence-electron chi connectivity index (χ4n) is 3.15. The van der Waals surface area contributed by atoms with E-state index < -0.39 is 0 Å². The minimum absolute atomic E-state index is 0.0154. The average Bonchev–Trinajstić information content (AvgIpc) is 3.24. The van der Waals surface area contributed by atoms with Crippen molar-refractivity contribution in [2.24, 2.45) is 0 Å². The summed E-state index contributed by atoms with van der Waals surface area (Å²) in [6, 6.07) is 9.17. The third-order valence-electron chi connectivity index (χ3n) is 4.23. The summed E-state index contributed by atoms with van der Waals surface area (Å²) in [7, 11) is 0. The molecule has 2 heterocycles. The van der Waals surface area contributed by atoms with Crippen LogP contribution in [0.15, 0.2) is 41.1 Å². The molecule has 25 heavy (non-hydrogen) atoms. The van der Waals surface area contributed by atoms with E-state index >= 15 is 0 Å². The molecule has 1 aliphatic rings. The zero-order chi connectivity index (χ0) is 17.8. The molecule has 1 fully saturated rings. The zero-order valence-electron chi connectivity index (χ0n) is 14.5. The van der Waals surface area contributed by atoms with Gasteiger partial charge in [-0.25, -0.2) is 4.79 Å². The summed E-state index contributed by atoms with van der Waals surface area (Å²) in [5.74, 6) is 0.0154. The Kier molecular flexibility index (Phi) is 5.38. The molecule has 1 aromatic heterocycles. The number of benzene rings is 1. The number of thiophene rings is 1. The maximum atomic E-state index is 13.0. The standard InChI is InChI=1S/C19H23N3O2S/c1-13(2)20-19(24)21-16-6-3-5-14(11-16)18(23)22-9-4-7-17(22)15-8-10-25-12-15/h3,5-6,8,10-13,17H,4,7,9H2,1-2H3,(H2,20,21,24)/t17-/m1/s1. The van der Waals surface area contributed by atoms with Gasteiger partial charge >= 0.3 is 6.03 Å². The van der Waals surface area contributed by atoms with Crippen LogP contribution in [0.4, 0.5) is 10.5 Å². The van der Waals surface area contributed by atoms with Gasteiger partial charge in [-0.1, -0.05) is 6.07 Å². The van der Waals surface area contributed by atoms with Gasteiger partial charge in [-0.2, -0.15) is 11.3 Å². The molecule has 6 heteroatoms. The molecule has 2 N–H and O–H groups in total. The van der Waals surface area contributed by atoms with E-state index in [1.54, 1.807) is 35.6 Å². The molecular formula is C19H23N3O2S. The van der Waals surface area contributed by atoms with E-state index in [-0.39, 0.29) is 24.0 Å². The van der Waals surface area contributed by atoms with Gasteiger partial charge in [0.15, 0.2) is 0 Å². The maximum Gasteiger partial charge on any atom is 0.319 e. The van der Waals surface area contributed by atoms with Crippen LogP contribution in [0.2, 0.25) is 0 Å². The summed E-state index contributed by atoms with van der Waals surface area (Å²) >= 11 is 1.66. The van der Waals surface area contributed by atoms with Crippen LogP contribution < -0.4 is 10.6 Å². The minimum Gasteiger partial charge on any atom is -0.336 e. The monoisotopic (exact) mass is 357 g/mol. The topological polar surface area (TPSA) is 61.4 Å². The van der Waals surface area contributed by atoms with E-state index in [9.17, 15) is 9.59 Å². The Balaban J connectivity index is 1.74. The van der Waals surface area contributed by atoms with Crippen molar-refractivity contribution >= 4 is 29.0 Å². The van der Waals surface area contributed by atoms with Crippen molar-refractivity contribution in [2.45, 2.75) is 38.8 Å². The number of hydrogen-bond acceptors (Lipinski definition) is 3. The van der Waals surface area contributed by atoms with Gasteiger partial charge in [0.05, 0.1) is 6.04 Å². The molecule has 0 spiro atoms. The van der Waals surface area contributed by atoms with E-state index in [1.165, 1.54) is 5.56 Å². The van der Waals surface area contributed by atoms with Crippen molar-refractivity contribution < 1.29 is 9.59 Å². The number of carbonyl (C=O) groups excluding carboxylic acids is 2. The summed E-state index contributed by atoms with van der Waals surface area (Å²) in [5, 5.41) is 9.72. The van der Waals surface area contributed by atoms with Crippen LogP contribution >= 0.6 is 11.3 Å². The van der Waals surface area contributed by atoms with E-state index in [4.69, 9.17) is 0 Å². The number of rotatable bonds is 4. The van der Waals surface area contributed by atoms with Crippen LogP contribution in [0, 0.1) is 0 Å². The Hall–Kier alpha value is -2.34. The lowest BCUT2D eigenvalue weighted by Crippen LogP contribution is -2.34. The molecule has 3 rings (SSSR count). The van der Waals surface area contributed by atoms with Crippen LogP contribution in [0.3, 0.4) is 0 Å². The molecule has 0 unspecified atom stereocenters. The summed E-state index contributed by atoms with van der Waals surface area (Å²) in [5.41, 5.74) is 2.43. The molecule has 3 amide bonds. The number of hydrogen-bond donors (Lipinski definition) is 2. The second-order valence-electron chi connectivity index (χ2n) is 6.55. The molecule has 0 radical (unpaired) electrons. The Morgan fingerprint density at radius 1 is 1.28 bits per heavy atom. The first-order valence-electron chi connectivity index (χ1n) is 8.55. The first-order chi connectivity index (χ1) is 12.0. The van der Waals surface area contributed by atoms with Gasteiger partial charge in [0, 0.05) is 23.8 Å². The number of urea groups is 1. The lowest BCUT2D eigenvalue weighted by molar-refractivity contribution is 0.0736. The number of nitrogens with one attached hydrogen (secondary N) is 2. The van der Waals surface area contributed by atoms with E-state index in [2.05, 4.69) is 22.1 Å². The Morgan fingerprint density at radius 2 is 2.12 bits per heavy atom. The molecule has 1 aromatic carbocycles. The van der Waals surface area contributed by atoms with E-state index in [1.807, 2.05) is 24.1 Å². The second-order valence-corrected chi connectivity index (χ2v) is 7.33. The third-order valence-corrected chi connectivity index (χ3v) is 4.93. The van der Waals surface area contributed by atoms with Crippen LogP contribution in [-0.4, -0.2) is 29.4 Å². The summed E-state index contributed by atoms with van der Waals surface area (Å²) in [6.07, 6.45) is 2.01. The molecule has 132 valence electrons. The van der Waals surface area contributed by atoms with Gasteiger partial charge in [0.1, 0.15) is 0 Å². The summed E-state index contributed by atoms with van der Waals surface area (Å²) < 4.78 is 0. The number of carbonyl (C=O) groups is 2. The van der Waals surface area contributed by atoms with Gasteiger partial charge in [0.25, 0.3) is 5.91 Å². The van der Waals surface area contributed by atoms with Crippen molar-refractivity contribution in [3.05, 3.63) is 52.2 Å². The first-order valence-corrected chi connectivity index (χ1v) is 9.49. The Bertz CT molecular complexity index is 743. The van der Waals surface area contributed by atoms with Gasteiger partial charge in [-0.15, -0.1) is 0 Å². The number of anilines is 1. The summed E-state index contributed by atoms with van der Waals surface area (Å²) in [4.78, 5) is 26.8. The minimum atomic E-state index is -0.267. The molecule has 0 saturated carbocycles. The highest BCUT2D eigenvalue weighted by Crippen LogP contribution is 2.34. The Morgan fingerprint density at radius 3 is 2.84 bits per heavy atom. The van der Waals surface area contributed by atoms with E-state index in [0.717, 1.165) is 19.4 Å². The van der Waals surface area contributed by atoms with Crippen LogP contribution in [0.1, 0.15) is 48.7 Å². The number of likely N-dealkylation sites (tertiary alicyclic amines) is 1. The van der Waals surface area contributed by atoms with Crippen molar-refractivity contribution in [2.75, 3.05) is 11.9 Å². The smallest absolute Gasteiger partial charge is 0.319 e. The van der Waals surface area contributed by atoms with Gasteiger partial charge in [-0.3, -0.25) is 4.79 Å². The van der Waals surface area contributed by atoms with E-state index in [0.29, 0.717) is 11.3 Å². The molecule has 1 aliphatic heterocycles. The van der Waals surface area contributed by atoms with Crippen molar-refractivity contribution in [3.63, 3.8) is 0 Å². The molecular weight excluding hydrogens is 334 g/mol. The highest BCUT2D eigenvalue weighted by atomic mass is 32.1.